The molecule has 0 spiro atoms. The smallest absolute Gasteiger partial charge is 0.342 e. The molecular formula is C20H17F2N3O3. The summed E-state index contributed by atoms with van der Waals surface area (Å²) < 4.78 is 33.5. The summed E-state index contributed by atoms with van der Waals surface area (Å²) in [4.78, 5) is 28.8. The number of hydrogen-bond acceptors (Lipinski definition) is 5. The Bertz CT molecular complexity index is 1020. The summed E-state index contributed by atoms with van der Waals surface area (Å²) in [6.45, 7) is 3.03. The zero-order chi connectivity index (χ0) is 20.3. The molecule has 3 aromatic rings. The van der Waals surface area contributed by atoms with Crippen LogP contribution in [0, 0.1) is 11.6 Å². The van der Waals surface area contributed by atoms with Gasteiger partial charge in [0.05, 0.1) is 17.5 Å². The van der Waals surface area contributed by atoms with E-state index in [0.29, 0.717) is 11.5 Å². The number of aromatic nitrogens is 3. The Kier molecular flexibility index (Phi) is 5.58. The second-order valence-electron chi connectivity index (χ2n) is 6.32. The fourth-order valence-corrected chi connectivity index (χ4v) is 2.73. The second-order valence-corrected chi connectivity index (χ2v) is 6.32. The lowest BCUT2D eigenvalue weighted by atomic mass is 10.1. The summed E-state index contributed by atoms with van der Waals surface area (Å²) in [7, 11) is 0. The van der Waals surface area contributed by atoms with E-state index in [1.807, 2.05) is 13.8 Å². The molecule has 144 valence electrons. The first-order valence-corrected chi connectivity index (χ1v) is 8.53. The van der Waals surface area contributed by atoms with E-state index in [0.717, 1.165) is 18.2 Å². The molecule has 0 aliphatic heterocycles. The molecule has 0 atom stereocenters. The molecule has 2 heterocycles. The number of halogens is 2. The van der Waals surface area contributed by atoms with Gasteiger partial charge in [0.25, 0.3) is 0 Å². The third kappa shape index (κ3) is 3.95. The van der Waals surface area contributed by atoms with Gasteiger partial charge in [0.2, 0.25) is 5.78 Å². The number of Topliss-reactive ketones (excluding diaryl/α,β-unsaturated/α-hetero) is 1. The first kappa shape index (κ1) is 19.3. The van der Waals surface area contributed by atoms with Crippen LogP contribution in [0.2, 0.25) is 0 Å². The standard InChI is InChI=1S/C20H17F2N3O3/c1-12(2)19-15(10-24-25(19)18-5-3-4-8-23-18)20(27)28-11-17(26)14-9-13(21)6-7-16(14)22/h3-10,12H,11H2,1-2H3. The van der Waals surface area contributed by atoms with Crippen molar-refractivity contribution < 1.29 is 23.1 Å². The van der Waals surface area contributed by atoms with Gasteiger partial charge in [0.15, 0.2) is 12.4 Å². The van der Waals surface area contributed by atoms with Crippen molar-refractivity contribution in [2.24, 2.45) is 0 Å². The number of esters is 1. The maximum Gasteiger partial charge on any atom is 0.342 e. The quantitative estimate of drug-likeness (QED) is 0.478. The number of rotatable bonds is 6. The number of nitrogens with zero attached hydrogens (tertiary/aromatic N) is 3. The Labute approximate surface area is 159 Å². The molecular weight excluding hydrogens is 368 g/mol. The molecule has 0 unspecified atom stereocenters. The van der Waals surface area contributed by atoms with Crippen LogP contribution in [0.1, 0.15) is 46.2 Å². The van der Waals surface area contributed by atoms with Gasteiger partial charge in [-0.1, -0.05) is 19.9 Å². The van der Waals surface area contributed by atoms with E-state index in [1.54, 1.807) is 24.4 Å². The molecule has 0 amide bonds. The van der Waals surface area contributed by atoms with Gasteiger partial charge in [-0.2, -0.15) is 5.10 Å². The van der Waals surface area contributed by atoms with Gasteiger partial charge < -0.3 is 4.74 Å². The number of carbonyl (C=O) groups excluding carboxylic acids is 2. The molecule has 2 aromatic heterocycles. The molecule has 0 N–H and O–H groups in total. The lowest BCUT2D eigenvalue weighted by Gasteiger charge is -2.12. The lowest BCUT2D eigenvalue weighted by molar-refractivity contribution is 0.0472. The molecule has 0 aliphatic carbocycles. The highest BCUT2D eigenvalue weighted by Crippen LogP contribution is 2.23. The van der Waals surface area contributed by atoms with Crippen molar-refractivity contribution in [1.82, 2.24) is 14.8 Å². The fourth-order valence-electron chi connectivity index (χ4n) is 2.73. The van der Waals surface area contributed by atoms with E-state index in [-0.39, 0.29) is 11.5 Å². The van der Waals surface area contributed by atoms with E-state index in [9.17, 15) is 18.4 Å². The molecule has 0 radical (unpaired) electrons. The number of benzene rings is 1. The predicted octanol–water partition coefficient (Wildman–Crippen LogP) is 3.71. The lowest BCUT2D eigenvalue weighted by Crippen LogP contribution is -2.17. The minimum Gasteiger partial charge on any atom is -0.454 e. The minimum atomic E-state index is -0.881. The van der Waals surface area contributed by atoms with Crippen LogP contribution >= 0.6 is 0 Å². The van der Waals surface area contributed by atoms with Crippen LogP contribution < -0.4 is 0 Å². The van der Waals surface area contributed by atoms with Crippen LogP contribution in [-0.4, -0.2) is 33.1 Å². The highest BCUT2D eigenvalue weighted by molar-refractivity contribution is 5.99. The van der Waals surface area contributed by atoms with E-state index < -0.39 is 35.6 Å². The molecule has 1 aromatic carbocycles. The van der Waals surface area contributed by atoms with Gasteiger partial charge in [0, 0.05) is 6.20 Å². The monoisotopic (exact) mass is 385 g/mol. The molecule has 0 fully saturated rings. The van der Waals surface area contributed by atoms with E-state index in [4.69, 9.17) is 4.74 Å². The Balaban J connectivity index is 1.80. The third-order valence-corrected chi connectivity index (χ3v) is 4.00. The highest BCUT2D eigenvalue weighted by Gasteiger charge is 2.23. The van der Waals surface area contributed by atoms with Crippen LogP contribution in [-0.2, 0) is 4.74 Å². The van der Waals surface area contributed by atoms with Crippen molar-refractivity contribution >= 4 is 11.8 Å². The average Bonchev–Trinajstić information content (AvgIpc) is 3.14. The second kappa shape index (κ2) is 8.08. The number of hydrogen-bond donors (Lipinski definition) is 0. The van der Waals surface area contributed by atoms with E-state index in [2.05, 4.69) is 10.1 Å². The fraction of sp³-hybridized carbons (Fsp3) is 0.200. The predicted molar refractivity (Wildman–Crippen MR) is 96.4 cm³/mol. The SMILES string of the molecule is CC(C)c1c(C(=O)OCC(=O)c2cc(F)ccc2F)cnn1-c1ccccn1. The maximum atomic E-state index is 13.7. The Hall–Kier alpha value is -3.42. The molecule has 0 saturated heterocycles. The molecule has 0 bridgehead atoms. The number of ketones is 1. The van der Waals surface area contributed by atoms with Crippen molar-refractivity contribution in [1.29, 1.82) is 0 Å². The van der Waals surface area contributed by atoms with Crippen LogP contribution in [0.15, 0.2) is 48.8 Å². The summed E-state index contributed by atoms with van der Waals surface area (Å²) in [5, 5.41) is 4.20. The Morgan fingerprint density at radius 3 is 2.61 bits per heavy atom. The molecule has 6 nitrogen and oxygen atoms in total. The van der Waals surface area contributed by atoms with E-state index in [1.165, 1.54) is 10.9 Å². The topological polar surface area (TPSA) is 74.1 Å². The molecule has 0 saturated carbocycles. The molecule has 0 aliphatic rings. The van der Waals surface area contributed by atoms with Crippen LogP contribution in [0.5, 0.6) is 0 Å². The van der Waals surface area contributed by atoms with Gasteiger partial charge in [-0.15, -0.1) is 0 Å². The summed E-state index contributed by atoms with van der Waals surface area (Å²) in [6, 6.07) is 7.80. The van der Waals surface area contributed by atoms with E-state index >= 15 is 0 Å². The van der Waals surface area contributed by atoms with Gasteiger partial charge in [-0.25, -0.2) is 23.2 Å². The first-order chi connectivity index (χ1) is 13.4. The van der Waals surface area contributed by atoms with Crippen molar-refractivity contribution in [3.63, 3.8) is 0 Å². The highest BCUT2D eigenvalue weighted by atomic mass is 19.1. The number of pyridine rings is 1. The number of ether oxygens (including phenoxy) is 1. The third-order valence-electron chi connectivity index (χ3n) is 4.00. The molecule has 3 rings (SSSR count). The number of carbonyl (C=O) groups is 2. The molecule has 8 heteroatoms. The Morgan fingerprint density at radius 2 is 1.93 bits per heavy atom. The van der Waals surface area contributed by atoms with Crippen LogP contribution in [0.4, 0.5) is 8.78 Å². The van der Waals surface area contributed by atoms with Crippen LogP contribution in [0.3, 0.4) is 0 Å². The Morgan fingerprint density at radius 1 is 1.14 bits per heavy atom. The first-order valence-electron chi connectivity index (χ1n) is 8.53. The van der Waals surface area contributed by atoms with Gasteiger partial charge >= 0.3 is 5.97 Å². The van der Waals surface area contributed by atoms with Crippen molar-refractivity contribution in [2.45, 2.75) is 19.8 Å². The van der Waals surface area contributed by atoms with Gasteiger partial charge in [-0.05, 0) is 36.2 Å². The summed E-state index contributed by atoms with van der Waals surface area (Å²) in [5.74, 6) is -2.82. The molecule has 28 heavy (non-hydrogen) atoms. The normalized spacial score (nSPS) is 10.9. The average molecular weight is 385 g/mol. The largest absolute Gasteiger partial charge is 0.454 e. The zero-order valence-corrected chi connectivity index (χ0v) is 15.2. The van der Waals surface area contributed by atoms with Gasteiger partial charge in [0.1, 0.15) is 17.2 Å². The van der Waals surface area contributed by atoms with Crippen LogP contribution in [0.25, 0.3) is 5.82 Å². The summed E-state index contributed by atoms with van der Waals surface area (Å²) in [6.07, 6.45) is 2.94. The minimum absolute atomic E-state index is 0.0941. The van der Waals surface area contributed by atoms with Crippen molar-refractivity contribution in [2.75, 3.05) is 6.61 Å². The maximum absolute atomic E-state index is 13.7. The van der Waals surface area contributed by atoms with Gasteiger partial charge in [-0.3, -0.25) is 4.79 Å². The zero-order valence-electron chi connectivity index (χ0n) is 15.2. The van der Waals surface area contributed by atoms with Crippen molar-refractivity contribution in [3.8, 4) is 5.82 Å². The summed E-state index contributed by atoms with van der Waals surface area (Å²) in [5.41, 5.74) is 0.266. The van der Waals surface area contributed by atoms with Crippen molar-refractivity contribution in [3.05, 3.63) is 77.2 Å². The summed E-state index contributed by atoms with van der Waals surface area (Å²) >= 11 is 0.